The summed E-state index contributed by atoms with van der Waals surface area (Å²) >= 11 is 0. The molecule has 6 nitrogen and oxygen atoms in total. The van der Waals surface area contributed by atoms with Gasteiger partial charge in [0, 0.05) is 18.7 Å². The van der Waals surface area contributed by atoms with Crippen LogP contribution in [0, 0.1) is 0 Å². The van der Waals surface area contributed by atoms with Crippen LogP contribution in [0.15, 0.2) is 29.2 Å². The Balaban J connectivity index is 2.49. The monoisotopic (exact) mass is 259 g/mol. The highest BCUT2D eigenvalue weighted by Gasteiger charge is 2.07. The summed E-state index contributed by atoms with van der Waals surface area (Å²) in [4.78, 5) is 10.1. The van der Waals surface area contributed by atoms with E-state index in [4.69, 9.17) is 9.66 Å². The fourth-order valence-corrected chi connectivity index (χ4v) is 1.70. The van der Waals surface area contributed by atoms with Crippen LogP contribution in [0.25, 0.3) is 0 Å². The maximum atomic E-state index is 10.7. The van der Waals surface area contributed by atoms with E-state index in [1.807, 2.05) is 0 Å². The molecule has 17 heavy (non-hydrogen) atoms. The maximum Gasteiger partial charge on any atom is 0.303 e. The summed E-state index contributed by atoms with van der Waals surface area (Å²) < 4.78 is 30.2. The van der Waals surface area contributed by atoms with Crippen LogP contribution in [0.2, 0.25) is 0 Å². The lowest BCUT2D eigenvalue weighted by atomic mass is 10.3. The number of carboxylic acid groups (broad SMARTS) is 1. The Kier molecular flexibility index (Phi) is 4.47. The predicted octanol–water partition coefficient (Wildman–Crippen LogP) is 1.21. The maximum absolute atomic E-state index is 10.7. The number of nitrogens with one attached hydrogen (secondary N) is 1. The molecule has 0 unspecified atom stereocenters. The van der Waals surface area contributed by atoms with Crippen LogP contribution in [0.4, 0.5) is 5.69 Å². The lowest BCUT2D eigenvalue weighted by molar-refractivity contribution is -0.137. The van der Waals surface area contributed by atoms with Gasteiger partial charge in [0.15, 0.2) is 0 Å². The standard InChI is InChI=1S/C10H13NO5S/c12-10(13)2-1-7-11-8-3-5-9(6-4-8)17(14,15)16/h3-6,11H,1-2,7H2,(H,12,13)(H,14,15,16). The van der Waals surface area contributed by atoms with Gasteiger partial charge in [0.05, 0.1) is 4.90 Å². The second-order valence-corrected chi connectivity index (χ2v) is 4.85. The van der Waals surface area contributed by atoms with E-state index >= 15 is 0 Å². The van der Waals surface area contributed by atoms with E-state index in [-0.39, 0.29) is 11.3 Å². The molecule has 3 N–H and O–H groups in total. The molecule has 0 amide bonds. The number of anilines is 1. The van der Waals surface area contributed by atoms with Gasteiger partial charge in [-0.25, -0.2) is 0 Å². The molecular weight excluding hydrogens is 246 g/mol. The number of carbonyl (C=O) groups is 1. The molecule has 0 spiro atoms. The third-order valence-corrected chi connectivity index (χ3v) is 2.92. The van der Waals surface area contributed by atoms with Crippen LogP contribution < -0.4 is 5.32 Å². The summed E-state index contributed by atoms with van der Waals surface area (Å²) in [5.41, 5.74) is 0.669. The first kappa shape index (κ1) is 13.5. The predicted molar refractivity (Wildman–Crippen MR) is 61.6 cm³/mol. The largest absolute Gasteiger partial charge is 0.481 e. The van der Waals surface area contributed by atoms with Crippen molar-refractivity contribution in [3.8, 4) is 0 Å². The van der Waals surface area contributed by atoms with Crippen molar-refractivity contribution in [3.63, 3.8) is 0 Å². The van der Waals surface area contributed by atoms with E-state index in [0.717, 1.165) is 0 Å². The molecule has 0 radical (unpaired) electrons. The van der Waals surface area contributed by atoms with Crippen LogP contribution in [-0.4, -0.2) is 30.6 Å². The number of carboxylic acids is 1. The van der Waals surface area contributed by atoms with Gasteiger partial charge in [-0.2, -0.15) is 8.42 Å². The topological polar surface area (TPSA) is 104 Å². The second kappa shape index (κ2) is 5.65. The molecule has 0 aromatic heterocycles. The minimum Gasteiger partial charge on any atom is -0.481 e. The molecule has 1 rings (SSSR count). The van der Waals surface area contributed by atoms with E-state index in [2.05, 4.69) is 5.32 Å². The summed E-state index contributed by atoms with van der Waals surface area (Å²) in [6.45, 7) is 0.484. The highest BCUT2D eigenvalue weighted by Crippen LogP contribution is 2.13. The van der Waals surface area contributed by atoms with E-state index in [0.29, 0.717) is 18.7 Å². The molecule has 0 aliphatic rings. The lowest BCUT2D eigenvalue weighted by Crippen LogP contribution is -2.05. The van der Waals surface area contributed by atoms with E-state index in [1.165, 1.54) is 24.3 Å². The SMILES string of the molecule is O=C(O)CCCNc1ccc(S(=O)(=O)O)cc1. The molecule has 1 aromatic rings. The minimum atomic E-state index is -4.16. The van der Waals surface area contributed by atoms with E-state index < -0.39 is 16.1 Å². The third kappa shape index (κ3) is 4.83. The van der Waals surface area contributed by atoms with Gasteiger partial charge in [-0.15, -0.1) is 0 Å². The Bertz CT molecular complexity index is 480. The summed E-state index contributed by atoms with van der Waals surface area (Å²) in [6.07, 6.45) is 0.561. The molecule has 0 atom stereocenters. The Morgan fingerprint density at radius 1 is 1.24 bits per heavy atom. The van der Waals surface area contributed by atoms with Crippen molar-refractivity contribution >= 4 is 21.8 Å². The minimum absolute atomic E-state index is 0.0795. The Morgan fingerprint density at radius 3 is 2.29 bits per heavy atom. The van der Waals surface area contributed by atoms with Crippen molar-refractivity contribution in [2.75, 3.05) is 11.9 Å². The van der Waals surface area contributed by atoms with Crippen molar-refractivity contribution in [3.05, 3.63) is 24.3 Å². The number of benzene rings is 1. The zero-order valence-corrected chi connectivity index (χ0v) is 9.77. The Morgan fingerprint density at radius 2 is 1.82 bits per heavy atom. The molecule has 0 aliphatic carbocycles. The molecule has 0 fully saturated rings. The molecule has 0 bridgehead atoms. The molecule has 94 valence electrons. The lowest BCUT2D eigenvalue weighted by Gasteiger charge is -2.05. The van der Waals surface area contributed by atoms with Gasteiger partial charge >= 0.3 is 5.97 Å². The fraction of sp³-hybridized carbons (Fsp3) is 0.300. The average molecular weight is 259 g/mol. The van der Waals surface area contributed by atoms with Crippen LogP contribution in [0.3, 0.4) is 0 Å². The van der Waals surface area contributed by atoms with Gasteiger partial charge < -0.3 is 10.4 Å². The number of rotatable bonds is 6. The quantitative estimate of drug-likeness (QED) is 0.524. The van der Waals surface area contributed by atoms with E-state index in [9.17, 15) is 13.2 Å². The molecule has 0 aliphatic heterocycles. The third-order valence-electron chi connectivity index (χ3n) is 2.05. The van der Waals surface area contributed by atoms with Crippen molar-refractivity contribution < 1.29 is 22.9 Å². The van der Waals surface area contributed by atoms with Crippen LogP contribution in [0.1, 0.15) is 12.8 Å². The van der Waals surface area contributed by atoms with Crippen LogP contribution in [0.5, 0.6) is 0 Å². The molecule has 7 heteroatoms. The molecule has 0 saturated carbocycles. The fourth-order valence-electron chi connectivity index (χ4n) is 1.22. The zero-order valence-electron chi connectivity index (χ0n) is 8.96. The zero-order chi connectivity index (χ0) is 12.9. The van der Waals surface area contributed by atoms with Crippen molar-refractivity contribution in [2.45, 2.75) is 17.7 Å². The van der Waals surface area contributed by atoms with Crippen molar-refractivity contribution in [2.24, 2.45) is 0 Å². The van der Waals surface area contributed by atoms with Gasteiger partial charge in [0.25, 0.3) is 10.1 Å². The van der Waals surface area contributed by atoms with Gasteiger partial charge in [-0.05, 0) is 30.7 Å². The first-order valence-corrected chi connectivity index (χ1v) is 6.37. The molecular formula is C10H13NO5S. The Labute approximate surface area is 99.0 Å². The van der Waals surface area contributed by atoms with Crippen molar-refractivity contribution in [1.82, 2.24) is 0 Å². The van der Waals surface area contributed by atoms with Gasteiger partial charge in [-0.1, -0.05) is 0 Å². The molecule has 1 aromatic carbocycles. The highest BCUT2D eigenvalue weighted by molar-refractivity contribution is 7.85. The summed E-state index contributed by atoms with van der Waals surface area (Å²) in [5.74, 6) is -0.853. The summed E-state index contributed by atoms with van der Waals surface area (Å²) in [7, 11) is -4.16. The molecule has 0 heterocycles. The molecule has 0 saturated heterocycles. The number of hydrogen-bond acceptors (Lipinski definition) is 4. The summed E-state index contributed by atoms with van der Waals surface area (Å²) in [6, 6.07) is 5.55. The number of hydrogen-bond donors (Lipinski definition) is 3. The van der Waals surface area contributed by atoms with Crippen molar-refractivity contribution in [1.29, 1.82) is 0 Å². The van der Waals surface area contributed by atoms with Gasteiger partial charge in [0.2, 0.25) is 0 Å². The smallest absolute Gasteiger partial charge is 0.303 e. The average Bonchev–Trinajstić information content (AvgIpc) is 2.23. The Hall–Kier alpha value is -1.60. The normalized spacial score (nSPS) is 11.1. The first-order chi connectivity index (χ1) is 7.89. The second-order valence-electron chi connectivity index (χ2n) is 3.42. The summed E-state index contributed by atoms with van der Waals surface area (Å²) in [5, 5.41) is 11.4. The first-order valence-electron chi connectivity index (χ1n) is 4.93. The van der Waals surface area contributed by atoms with Crippen LogP contribution >= 0.6 is 0 Å². The highest BCUT2D eigenvalue weighted by atomic mass is 32.2. The number of aliphatic carboxylic acids is 1. The van der Waals surface area contributed by atoms with Gasteiger partial charge in [-0.3, -0.25) is 9.35 Å². The van der Waals surface area contributed by atoms with Gasteiger partial charge in [0.1, 0.15) is 0 Å². The van der Waals surface area contributed by atoms with E-state index in [1.54, 1.807) is 0 Å². The van der Waals surface area contributed by atoms with Crippen LogP contribution in [-0.2, 0) is 14.9 Å².